The highest BCUT2D eigenvalue weighted by Gasteiger charge is 2.33. The minimum atomic E-state index is -0.0998. The largest absolute Gasteiger partial charge is 0.311 e. The fourth-order valence-corrected chi connectivity index (χ4v) is 4.83. The lowest BCUT2D eigenvalue weighted by Gasteiger charge is -2.38. The highest BCUT2D eigenvalue weighted by atomic mass is 16.2. The zero-order valence-electron chi connectivity index (χ0n) is 16.9. The summed E-state index contributed by atoms with van der Waals surface area (Å²) < 4.78 is 2.10. The maximum Gasteiger partial charge on any atom is 0.244 e. The summed E-state index contributed by atoms with van der Waals surface area (Å²) in [7, 11) is 0. The average Bonchev–Trinajstić information content (AvgIpc) is 3.22. The van der Waals surface area contributed by atoms with Crippen molar-refractivity contribution in [3.05, 3.63) is 60.0 Å². The topological polar surface area (TPSA) is 53.7 Å². The van der Waals surface area contributed by atoms with Crippen molar-refractivity contribution in [3.63, 3.8) is 0 Å². The molecule has 0 radical (unpaired) electrons. The number of aromatic nitrogens is 3. The number of amides is 1. The molecule has 0 aliphatic carbocycles. The van der Waals surface area contributed by atoms with Crippen molar-refractivity contribution >= 4 is 17.2 Å². The van der Waals surface area contributed by atoms with E-state index in [4.69, 9.17) is 0 Å². The first-order chi connectivity index (χ1) is 14.2. The standard InChI is InChI=1S/C23H27N5O/c1-17(23(29)27-14-6-8-18-7-2-3-9-20(18)27)26-15-11-19(12-16-26)22-25-24-21-10-4-5-13-28(21)22/h2-5,7,9-10,13,17,19H,6,8,11-12,14-16H2,1H3. The average molecular weight is 390 g/mol. The van der Waals surface area contributed by atoms with Crippen LogP contribution in [-0.4, -0.2) is 51.1 Å². The molecule has 0 saturated carbocycles. The molecule has 0 N–H and O–H groups in total. The van der Waals surface area contributed by atoms with Gasteiger partial charge in [0.1, 0.15) is 5.82 Å². The number of piperidine rings is 1. The lowest BCUT2D eigenvalue weighted by atomic mass is 9.94. The molecule has 0 bridgehead atoms. The molecule has 1 atom stereocenters. The van der Waals surface area contributed by atoms with E-state index >= 15 is 0 Å². The van der Waals surface area contributed by atoms with Gasteiger partial charge in [0.05, 0.1) is 6.04 Å². The second-order valence-corrected chi connectivity index (χ2v) is 8.20. The second-order valence-electron chi connectivity index (χ2n) is 8.20. The Morgan fingerprint density at radius 3 is 2.69 bits per heavy atom. The van der Waals surface area contributed by atoms with E-state index in [1.54, 1.807) is 0 Å². The summed E-state index contributed by atoms with van der Waals surface area (Å²) >= 11 is 0. The van der Waals surface area contributed by atoms with Crippen LogP contribution in [0.3, 0.4) is 0 Å². The Hall–Kier alpha value is -2.73. The van der Waals surface area contributed by atoms with Gasteiger partial charge in [0.15, 0.2) is 5.65 Å². The minimum Gasteiger partial charge on any atom is -0.311 e. The van der Waals surface area contributed by atoms with Crippen LogP contribution in [0.4, 0.5) is 5.69 Å². The quantitative estimate of drug-likeness (QED) is 0.690. The van der Waals surface area contributed by atoms with E-state index in [0.29, 0.717) is 5.92 Å². The van der Waals surface area contributed by atoms with Gasteiger partial charge in [-0.25, -0.2) is 0 Å². The summed E-state index contributed by atoms with van der Waals surface area (Å²) in [6.45, 7) is 4.71. The maximum absolute atomic E-state index is 13.3. The van der Waals surface area contributed by atoms with Crippen molar-refractivity contribution in [2.45, 2.75) is 44.6 Å². The Morgan fingerprint density at radius 1 is 1.03 bits per heavy atom. The number of fused-ring (bicyclic) bond motifs is 2. The third kappa shape index (κ3) is 3.31. The molecule has 6 nitrogen and oxygen atoms in total. The van der Waals surface area contributed by atoms with Crippen LogP contribution in [0.1, 0.15) is 43.5 Å². The van der Waals surface area contributed by atoms with Gasteiger partial charge in [0.25, 0.3) is 0 Å². The Labute approximate surface area is 171 Å². The molecule has 1 fully saturated rings. The SMILES string of the molecule is CC(C(=O)N1CCCc2ccccc21)N1CCC(c2nnc3ccccn23)CC1. The molecule has 2 aliphatic heterocycles. The van der Waals surface area contributed by atoms with Gasteiger partial charge in [-0.15, -0.1) is 10.2 Å². The van der Waals surface area contributed by atoms with Gasteiger partial charge in [0.2, 0.25) is 5.91 Å². The lowest BCUT2D eigenvalue weighted by Crippen LogP contribution is -2.50. The molecule has 1 unspecified atom stereocenters. The van der Waals surface area contributed by atoms with Gasteiger partial charge in [-0.3, -0.25) is 14.1 Å². The van der Waals surface area contributed by atoms with Crippen molar-refractivity contribution in [1.82, 2.24) is 19.5 Å². The van der Waals surface area contributed by atoms with Crippen molar-refractivity contribution in [2.24, 2.45) is 0 Å². The number of likely N-dealkylation sites (tertiary alicyclic amines) is 1. The summed E-state index contributed by atoms with van der Waals surface area (Å²) in [5, 5.41) is 8.74. The molecule has 1 amide bonds. The molecular weight excluding hydrogens is 362 g/mol. The zero-order chi connectivity index (χ0) is 19.8. The van der Waals surface area contributed by atoms with E-state index in [9.17, 15) is 4.79 Å². The predicted octanol–water partition coefficient (Wildman–Crippen LogP) is 3.28. The minimum absolute atomic E-state index is 0.0998. The van der Waals surface area contributed by atoms with Crippen LogP contribution in [0.15, 0.2) is 48.7 Å². The van der Waals surface area contributed by atoms with Crippen LogP contribution in [-0.2, 0) is 11.2 Å². The van der Waals surface area contributed by atoms with E-state index in [2.05, 4.69) is 44.6 Å². The van der Waals surface area contributed by atoms with E-state index in [1.807, 2.05) is 35.4 Å². The molecule has 29 heavy (non-hydrogen) atoms. The Balaban J connectivity index is 1.27. The summed E-state index contributed by atoms with van der Waals surface area (Å²) in [6.07, 6.45) is 6.15. The maximum atomic E-state index is 13.3. The molecule has 4 heterocycles. The molecule has 150 valence electrons. The number of benzene rings is 1. The normalized spacial score (nSPS) is 19.3. The number of aryl methyl sites for hydroxylation is 1. The van der Waals surface area contributed by atoms with Gasteiger partial charge in [-0.05, 0) is 69.5 Å². The van der Waals surface area contributed by atoms with Gasteiger partial charge < -0.3 is 4.90 Å². The molecule has 6 heteroatoms. The first-order valence-electron chi connectivity index (χ1n) is 10.7. The van der Waals surface area contributed by atoms with Crippen molar-refractivity contribution in [3.8, 4) is 0 Å². The third-order valence-corrected chi connectivity index (χ3v) is 6.52. The number of carbonyl (C=O) groups excluding carboxylic acids is 1. The van der Waals surface area contributed by atoms with E-state index in [0.717, 1.165) is 62.5 Å². The van der Waals surface area contributed by atoms with Gasteiger partial charge >= 0.3 is 0 Å². The molecule has 0 spiro atoms. The first kappa shape index (κ1) is 18.3. The van der Waals surface area contributed by atoms with Crippen LogP contribution < -0.4 is 4.90 Å². The predicted molar refractivity (Wildman–Crippen MR) is 113 cm³/mol. The first-order valence-corrected chi connectivity index (χ1v) is 10.7. The Bertz CT molecular complexity index is 1020. The van der Waals surface area contributed by atoms with Gasteiger partial charge in [0, 0.05) is 24.3 Å². The van der Waals surface area contributed by atoms with Gasteiger partial charge in [-0.1, -0.05) is 24.3 Å². The number of hydrogen-bond donors (Lipinski definition) is 0. The molecule has 2 aliphatic rings. The van der Waals surface area contributed by atoms with Crippen molar-refractivity contribution in [2.75, 3.05) is 24.5 Å². The van der Waals surface area contributed by atoms with Crippen LogP contribution in [0.2, 0.25) is 0 Å². The number of anilines is 1. The van der Waals surface area contributed by atoms with E-state index in [-0.39, 0.29) is 11.9 Å². The number of pyridine rings is 1. The van der Waals surface area contributed by atoms with Crippen molar-refractivity contribution < 1.29 is 4.79 Å². The Morgan fingerprint density at radius 2 is 1.83 bits per heavy atom. The smallest absolute Gasteiger partial charge is 0.244 e. The molecule has 3 aromatic rings. The van der Waals surface area contributed by atoms with E-state index < -0.39 is 0 Å². The van der Waals surface area contributed by atoms with Crippen LogP contribution in [0.25, 0.3) is 5.65 Å². The summed E-state index contributed by atoms with van der Waals surface area (Å²) in [5.41, 5.74) is 3.29. The molecular formula is C23H27N5O. The van der Waals surface area contributed by atoms with Crippen LogP contribution in [0.5, 0.6) is 0 Å². The Kier molecular flexibility index (Phi) is 4.79. The third-order valence-electron chi connectivity index (χ3n) is 6.52. The number of nitrogens with zero attached hydrogens (tertiary/aromatic N) is 5. The number of para-hydroxylation sites is 1. The highest BCUT2D eigenvalue weighted by molar-refractivity contribution is 5.98. The summed E-state index contributed by atoms with van der Waals surface area (Å²) in [4.78, 5) is 17.6. The van der Waals surface area contributed by atoms with Crippen molar-refractivity contribution in [1.29, 1.82) is 0 Å². The molecule has 5 rings (SSSR count). The molecule has 2 aromatic heterocycles. The number of hydrogen-bond acceptors (Lipinski definition) is 4. The summed E-state index contributed by atoms with van der Waals surface area (Å²) in [6, 6.07) is 14.2. The number of rotatable bonds is 3. The summed E-state index contributed by atoms with van der Waals surface area (Å²) in [5.74, 6) is 1.66. The van der Waals surface area contributed by atoms with Gasteiger partial charge in [-0.2, -0.15) is 0 Å². The lowest BCUT2D eigenvalue weighted by molar-refractivity contribution is -0.123. The molecule has 1 saturated heterocycles. The van der Waals surface area contributed by atoms with Crippen LogP contribution in [0, 0.1) is 0 Å². The zero-order valence-corrected chi connectivity index (χ0v) is 16.9. The fourth-order valence-electron chi connectivity index (χ4n) is 4.83. The molecule has 1 aromatic carbocycles. The highest BCUT2D eigenvalue weighted by Crippen LogP contribution is 2.30. The monoisotopic (exact) mass is 389 g/mol. The van der Waals surface area contributed by atoms with Crippen LogP contribution >= 0.6 is 0 Å². The van der Waals surface area contributed by atoms with E-state index in [1.165, 1.54) is 5.56 Å². The fraction of sp³-hybridized carbons (Fsp3) is 0.435. The number of carbonyl (C=O) groups is 1. The second kappa shape index (κ2) is 7.59.